The van der Waals surface area contributed by atoms with Gasteiger partial charge in [0.05, 0.1) is 12.7 Å². The number of carbonyl (C=O) groups is 1. The molecule has 1 saturated carbocycles. The third-order valence-electron chi connectivity index (χ3n) is 3.69. The third-order valence-corrected chi connectivity index (χ3v) is 3.69. The first kappa shape index (κ1) is 14.7. The Labute approximate surface area is 118 Å². The Balaban J connectivity index is 1.98. The van der Waals surface area contributed by atoms with E-state index in [0.29, 0.717) is 18.3 Å². The van der Waals surface area contributed by atoms with Gasteiger partial charge in [-0.15, -0.1) is 0 Å². The lowest BCUT2D eigenvalue weighted by molar-refractivity contribution is -0.000829. The molecule has 6 heteroatoms. The van der Waals surface area contributed by atoms with Crippen molar-refractivity contribution < 1.29 is 14.6 Å². The van der Waals surface area contributed by atoms with Crippen LogP contribution >= 0.6 is 0 Å². The number of ether oxygens (including phenoxy) is 1. The first-order valence-corrected chi connectivity index (χ1v) is 6.90. The number of hydrogen-bond donors (Lipinski definition) is 2. The van der Waals surface area contributed by atoms with E-state index in [1.165, 1.54) is 19.7 Å². The highest BCUT2D eigenvalue weighted by atomic mass is 16.5. The number of aliphatic hydroxyl groups is 1. The van der Waals surface area contributed by atoms with Crippen LogP contribution in [0.3, 0.4) is 0 Å². The van der Waals surface area contributed by atoms with Crippen molar-refractivity contribution in [3.8, 4) is 0 Å². The standard InChI is InChI=1S/C14H21N3O3/c1-10-4-3-6-14(19,8-10)9-16-11-5-7-15-12(17-11)13(18)20-2/h5,7,10,19H,3-4,6,8-9H2,1-2H3,(H,15,16,17). The van der Waals surface area contributed by atoms with E-state index in [-0.39, 0.29) is 5.82 Å². The predicted octanol–water partition coefficient (Wildman–Crippen LogP) is 1.62. The Morgan fingerprint density at radius 3 is 3.15 bits per heavy atom. The minimum atomic E-state index is -0.700. The van der Waals surface area contributed by atoms with E-state index in [1.54, 1.807) is 6.07 Å². The zero-order valence-corrected chi connectivity index (χ0v) is 11.9. The SMILES string of the molecule is COC(=O)c1nccc(NCC2(O)CCCC(C)C2)n1. The molecule has 6 nitrogen and oxygen atoms in total. The Bertz CT molecular complexity index is 480. The topological polar surface area (TPSA) is 84.3 Å². The first-order valence-electron chi connectivity index (χ1n) is 6.90. The van der Waals surface area contributed by atoms with E-state index in [2.05, 4.69) is 26.9 Å². The van der Waals surface area contributed by atoms with Crippen molar-refractivity contribution in [1.29, 1.82) is 0 Å². The van der Waals surface area contributed by atoms with Crippen molar-refractivity contribution >= 4 is 11.8 Å². The number of anilines is 1. The second kappa shape index (κ2) is 6.17. The number of nitrogens with zero attached hydrogens (tertiary/aromatic N) is 2. The van der Waals surface area contributed by atoms with E-state index in [4.69, 9.17) is 0 Å². The molecule has 1 aromatic rings. The van der Waals surface area contributed by atoms with Gasteiger partial charge in [-0.25, -0.2) is 14.8 Å². The van der Waals surface area contributed by atoms with Gasteiger partial charge in [0.15, 0.2) is 0 Å². The molecule has 1 aliphatic carbocycles. The van der Waals surface area contributed by atoms with Gasteiger partial charge in [-0.3, -0.25) is 0 Å². The van der Waals surface area contributed by atoms with Gasteiger partial charge in [0, 0.05) is 12.7 Å². The van der Waals surface area contributed by atoms with Crippen molar-refractivity contribution in [3.63, 3.8) is 0 Å². The molecule has 0 saturated heterocycles. The lowest BCUT2D eigenvalue weighted by Gasteiger charge is -2.35. The summed E-state index contributed by atoms with van der Waals surface area (Å²) in [5.74, 6) is 0.499. The van der Waals surface area contributed by atoms with Gasteiger partial charge in [-0.05, 0) is 24.8 Å². The second-order valence-corrected chi connectivity index (χ2v) is 5.54. The van der Waals surface area contributed by atoms with Crippen LogP contribution in [0.15, 0.2) is 12.3 Å². The summed E-state index contributed by atoms with van der Waals surface area (Å²) < 4.78 is 4.58. The monoisotopic (exact) mass is 279 g/mol. The molecule has 0 aromatic carbocycles. The largest absolute Gasteiger partial charge is 0.463 e. The number of esters is 1. The lowest BCUT2D eigenvalue weighted by atomic mass is 9.79. The van der Waals surface area contributed by atoms with Gasteiger partial charge in [0.25, 0.3) is 0 Å². The van der Waals surface area contributed by atoms with Gasteiger partial charge < -0.3 is 15.2 Å². The minimum absolute atomic E-state index is 0.0153. The molecule has 2 unspecified atom stereocenters. The van der Waals surface area contributed by atoms with E-state index in [1.807, 2.05) is 0 Å². The molecule has 2 rings (SSSR count). The zero-order chi connectivity index (χ0) is 14.6. The zero-order valence-electron chi connectivity index (χ0n) is 11.9. The summed E-state index contributed by atoms with van der Waals surface area (Å²) in [4.78, 5) is 19.3. The van der Waals surface area contributed by atoms with Crippen LogP contribution in [0.1, 0.15) is 43.2 Å². The van der Waals surface area contributed by atoms with Crippen molar-refractivity contribution in [2.75, 3.05) is 19.0 Å². The maximum Gasteiger partial charge on any atom is 0.376 e. The third kappa shape index (κ3) is 3.66. The highest BCUT2D eigenvalue weighted by molar-refractivity contribution is 5.85. The number of nitrogens with one attached hydrogen (secondary N) is 1. The number of aromatic nitrogens is 2. The number of carbonyl (C=O) groups excluding carboxylic acids is 1. The maximum absolute atomic E-state index is 11.4. The molecule has 0 amide bonds. The van der Waals surface area contributed by atoms with Gasteiger partial charge in [0.1, 0.15) is 5.82 Å². The number of hydrogen-bond acceptors (Lipinski definition) is 6. The van der Waals surface area contributed by atoms with Gasteiger partial charge in [0.2, 0.25) is 5.82 Å². The van der Waals surface area contributed by atoms with Crippen molar-refractivity contribution in [3.05, 3.63) is 18.1 Å². The summed E-state index contributed by atoms with van der Waals surface area (Å²) in [6.45, 7) is 2.58. The number of rotatable bonds is 4. The quantitative estimate of drug-likeness (QED) is 0.815. The summed E-state index contributed by atoms with van der Waals surface area (Å²) in [5, 5.41) is 13.6. The fourth-order valence-corrected chi connectivity index (χ4v) is 2.69. The summed E-state index contributed by atoms with van der Waals surface area (Å²) in [6.07, 6.45) is 5.28. The molecule has 1 aromatic heterocycles. The molecule has 1 heterocycles. The Hall–Kier alpha value is -1.69. The van der Waals surface area contributed by atoms with Crippen molar-refractivity contribution in [1.82, 2.24) is 9.97 Å². The van der Waals surface area contributed by atoms with Crippen LogP contribution < -0.4 is 5.32 Å². The summed E-state index contributed by atoms with van der Waals surface area (Å²) in [6, 6.07) is 1.67. The van der Waals surface area contributed by atoms with Crippen LogP contribution in [-0.4, -0.2) is 40.3 Å². The Morgan fingerprint density at radius 1 is 1.65 bits per heavy atom. The summed E-state index contributed by atoms with van der Waals surface area (Å²) in [5.41, 5.74) is -0.700. The Morgan fingerprint density at radius 2 is 2.45 bits per heavy atom. The Kier molecular flexibility index (Phi) is 4.54. The molecule has 0 bridgehead atoms. The van der Waals surface area contributed by atoms with E-state index in [9.17, 15) is 9.90 Å². The van der Waals surface area contributed by atoms with Gasteiger partial charge in [-0.2, -0.15) is 0 Å². The highest BCUT2D eigenvalue weighted by Crippen LogP contribution is 2.32. The molecule has 0 spiro atoms. The summed E-state index contributed by atoms with van der Waals surface area (Å²) in [7, 11) is 1.29. The maximum atomic E-state index is 11.4. The minimum Gasteiger partial charge on any atom is -0.463 e. The van der Waals surface area contributed by atoms with Crippen LogP contribution in [0, 0.1) is 5.92 Å². The molecular formula is C14H21N3O3. The fourth-order valence-electron chi connectivity index (χ4n) is 2.69. The molecule has 0 radical (unpaired) electrons. The van der Waals surface area contributed by atoms with Crippen LogP contribution in [0.25, 0.3) is 0 Å². The molecule has 1 fully saturated rings. The number of methoxy groups -OCH3 is 1. The molecule has 2 N–H and O–H groups in total. The molecule has 1 aliphatic rings. The van der Waals surface area contributed by atoms with Crippen LogP contribution in [-0.2, 0) is 4.74 Å². The van der Waals surface area contributed by atoms with E-state index in [0.717, 1.165) is 19.3 Å². The molecule has 2 atom stereocenters. The van der Waals surface area contributed by atoms with E-state index >= 15 is 0 Å². The van der Waals surface area contributed by atoms with Gasteiger partial charge in [-0.1, -0.05) is 19.8 Å². The molecular weight excluding hydrogens is 258 g/mol. The van der Waals surface area contributed by atoms with Crippen LogP contribution in [0.4, 0.5) is 5.82 Å². The molecule has 20 heavy (non-hydrogen) atoms. The predicted molar refractivity (Wildman–Crippen MR) is 74.4 cm³/mol. The van der Waals surface area contributed by atoms with Crippen molar-refractivity contribution in [2.24, 2.45) is 5.92 Å². The lowest BCUT2D eigenvalue weighted by Crippen LogP contribution is -2.41. The highest BCUT2D eigenvalue weighted by Gasteiger charge is 2.32. The smallest absolute Gasteiger partial charge is 0.376 e. The van der Waals surface area contributed by atoms with E-state index < -0.39 is 11.6 Å². The van der Waals surface area contributed by atoms with Crippen LogP contribution in [0.2, 0.25) is 0 Å². The second-order valence-electron chi connectivity index (χ2n) is 5.54. The first-order chi connectivity index (χ1) is 9.52. The summed E-state index contributed by atoms with van der Waals surface area (Å²) >= 11 is 0. The van der Waals surface area contributed by atoms with Crippen molar-refractivity contribution in [2.45, 2.75) is 38.2 Å². The molecule has 110 valence electrons. The van der Waals surface area contributed by atoms with Crippen LogP contribution in [0.5, 0.6) is 0 Å². The van der Waals surface area contributed by atoms with Gasteiger partial charge >= 0.3 is 5.97 Å². The normalized spacial score (nSPS) is 26.1. The average molecular weight is 279 g/mol. The average Bonchev–Trinajstić information content (AvgIpc) is 2.44. The molecule has 0 aliphatic heterocycles. The fraction of sp³-hybridized carbons (Fsp3) is 0.643.